The van der Waals surface area contributed by atoms with Crippen molar-refractivity contribution >= 4 is 6.47 Å². The van der Waals surface area contributed by atoms with Crippen molar-refractivity contribution in [3.05, 3.63) is 0 Å². The molecule has 0 radical (unpaired) electrons. The Morgan fingerprint density at radius 2 is 1.83 bits per heavy atom. The van der Waals surface area contributed by atoms with Gasteiger partial charge in [-0.15, -0.1) is 0 Å². The van der Waals surface area contributed by atoms with E-state index in [2.05, 4.69) is 4.74 Å². The molecule has 4 nitrogen and oxygen atoms in total. The van der Waals surface area contributed by atoms with Crippen molar-refractivity contribution in [2.45, 2.75) is 32.8 Å². The molecular weight excluding hydrogens is 158 g/mol. The van der Waals surface area contributed by atoms with Crippen molar-refractivity contribution < 1.29 is 14.7 Å². The molecule has 0 aromatic heterocycles. The Kier molecular flexibility index (Phi) is 4.85. The maximum absolute atomic E-state index is 9.60. The van der Waals surface area contributed by atoms with Crippen molar-refractivity contribution in [1.82, 2.24) is 5.06 Å². The summed E-state index contributed by atoms with van der Waals surface area (Å²) in [6.07, 6.45) is 1.16. The van der Waals surface area contributed by atoms with Crippen molar-refractivity contribution in [3.63, 3.8) is 0 Å². The minimum Gasteiger partial charge on any atom is -0.462 e. The molecule has 1 aliphatic heterocycles. The molecule has 1 fully saturated rings. The second-order valence-electron chi connectivity index (χ2n) is 3.63. The summed E-state index contributed by atoms with van der Waals surface area (Å²) in [6.45, 7) is 7.67. The normalized spacial score (nSPS) is 17.0. The Morgan fingerprint density at radius 1 is 1.42 bits per heavy atom. The zero-order valence-electron chi connectivity index (χ0n) is 7.91. The highest BCUT2D eigenvalue weighted by atomic mass is 16.5. The Bertz CT molecular complexity index is 127. The van der Waals surface area contributed by atoms with E-state index in [4.69, 9.17) is 5.21 Å². The summed E-state index contributed by atoms with van der Waals surface area (Å²) in [6, 6.07) is 0. The fourth-order valence-electron chi connectivity index (χ4n) is 0.444. The van der Waals surface area contributed by atoms with Gasteiger partial charge in [-0.2, -0.15) is 5.06 Å². The fourth-order valence-corrected chi connectivity index (χ4v) is 0.444. The number of nitrogens with zero attached hydrogens (tertiary/aromatic N) is 1. The molecule has 0 unspecified atom stereocenters. The number of hydrogen-bond acceptors (Lipinski definition) is 4. The van der Waals surface area contributed by atoms with Gasteiger partial charge in [0, 0.05) is 13.1 Å². The van der Waals surface area contributed by atoms with E-state index < -0.39 is 0 Å². The molecule has 0 aliphatic carbocycles. The summed E-state index contributed by atoms with van der Waals surface area (Å²) in [5, 5.41) is 9.59. The molecule has 1 saturated heterocycles. The molecule has 0 aromatic carbocycles. The summed E-state index contributed by atoms with van der Waals surface area (Å²) < 4.78 is 4.55. The molecule has 0 spiro atoms. The van der Waals surface area contributed by atoms with Crippen LogP contribution in [0.2, 0.25) is 0 Å². The third kappa shape index (κ3) is 7.50. The number of ether oxygens (including phenoxy) is 1. The van der Waals surface area contributed by atoms with Crippen LogP contribution in [0.1, 0.15) is 27.2 Å². The van der Waals surface area contributed by atoms with Crippen LogP contribution in [0, 0.1) is 0 Å². The van der Waals surface area contributed by atoms with Crippen LogP contribution in [0.25, 0.3) is 0 Å². The monoisotopic (exact) mass is 175 g/mol. The fraction of sp³-hybridized carbons (Fsp3) is 0.875. The van der Waals surface area contributed by atoms with E-state index >= 15 is 0 Å². The maximum Gasteiger partial charge on any atom is 0.293 e. The van der Waals surface area contributed by atoms with Crippen LogP contribution < -0.4 is 0 Å². The standard InChI is InChI=1S/C5H10O2.C3H7NO/c1-5(2,3)7-4-6;5-4-2-1-3-4/h4H,1-3H3;5H,1-3H2. The van der Waals surface area contributed by atoms with E-state index in [0.29, 0.717) is 6.47 Å². The zero-order valence-corrected chi connectivity index (χ0v) is 7.91. The first kappa shape index (κ1) is 11.4. The zero-order chi connectivity index (χ0) is 9.61. The minimum atomic E-state index is -0.318. The molecule has 0 bridgehead atoms. The number of rotatable bonds is 1. The van der Waals surface area contributed by atoms with Gasteiger partial charge in [-0.1, -0.05) is 0 Å². The number of hydroxylamine groups is 2. The predicted octanol–water partition coefficient (Wildman–Crippen LogP) is 1.04. The first-order valence-corrected chi connectivity index (χ1v) is 4.01. The van der Waals surface area contributed by atoms with Crippen LogP contribution in [0.5, 0.6) is 0 Å². The van der Waals surface area contributed by atoms with Gasteiger partial charge in [-0.05, 0) is 27.2 Å². The summed E-state index contributed by atoms with van der Waals surface area (Å²) in [5.74, 6) is 0. The summed E-state index contributed by atoms with van der Waals surface area (Å²) in [7, 11) is 0. The van der Waals surface area contributed by atoms with Gasteiger partial charge < -0.3 is 9.94 Å². The average molecular weight is 175 g/mol. The third-order valence-corrected chi connectivity index (χ3v) is 1.23. The SMILES string of the molecule is CC(C)(C)OC=O.ON1CCC1. The minimum absolute atomic E-state index is 0.318. The van der Waals surface area contributed by atoms with Crippen molar-refractivity contribution in [3.8, 4) is 0 Å². The van der Waals surface area contributed by atoms with Gasteiger partial charge in [0.2, 0.25) is 0 Å². The number of hydrogen-bond donors (Lipinski definition) is 1. The van der Waals surface area contributed by atoms with Crippen LogP contribution in [0.15, 0.2) is 0 Å². The third-order valence-electron chi connectivity index (χ3n) is 1.23. The molecule has 72 valence electrons. The van der Waals surface area contributed by atoms with Crippen LogP contribution in [-0.4, -0.2) is 35.4 Å². The first-order valence-electron chi connectivity index (χ1n) is 4.01. The lowest BCUT2D eigenvalue weighted by Crippen LogP contribution is -2.33. The second-order valence-corrected chi connectivity index (χ2v) is 3.63. The highest BCUT2D eigenvalue weighted by Crippen LogP contribution is 2.02. The Morgan fingerprint density at radius 3 is 1.83 bits per heavy atom. The van der Waals surface area contributed by atoms with Crippen LogP contribution in [0.3, 0.4) is 0 Å². The molecule has 0 amide bonds. The molecule has 0 saturated carbocycles. The van der Waals surface area contributed by atoms with E-state index in [1.807, 2.05) is 20.8 Å². The lowest BCUT2D eigenvalue weighted by molar-refractivity contribution is -0.138. The summed E-state index contributed by atoms with van der Waals surface area (Å²) in [4.78, 5) is 9.60. The van der Waals surface area contributed by atoms with Gasteiger partial charge >= 0.3 is 0 Å². The Hall–Kier alpha value is -0.610. The molecule has 1 heterocycles. The van der Waals surface area contributed by atoms with E-state index in [-0.39, 0.29) is 5.60 Å². The molecule has 1 aliphatic rings. The van der Waals surface area contributed by atoms with Crippen molar-refractivity contribution in [1.29, 1.82) is 0 Å². The Balaban J connectivity index is 0.000000211. The second kappa shape index (κ2) is 5.11. The lowest BCUT2D eigenvalue weighted by atomic mass is 10.2. The summed E-state index contributed by atoms with van der Waals surface area (Å²) in [5.41, 5.74) is -0.318. The van der Waals surface area contributed by atoms with Crippen LogP contribution in [0.4, 0.5) is 0 Å². The quantitative estimate of drug-likeness (QED) is 0.605. The van der Waals surface area contributed by atoms with Gasteiger partial charge in [0.25, 0.3) is 6.47 Å². The smallest absolute Gasteiger partial charge is 0.293 e. The van der Waals surface area contributed by atoms with E-state index in [1.165, 1.54) is 5.06 Å². The van der Waals surface area contributed by atoms with E-state index in [0.717, 1.165) is 19.5 Å². The Labute approximate surface area is 73.1 Å². The number of carbonyl (C=O) groups is 1. The lowest BCUT2D eigenvalue weighted by Gasteiger charge is -2.22. The average Bonchev–Trinajstić information content (AvgIpc) is 1.82. The molecule has 4 heteroatoms. The first-order chi connectivity index (χ1) is 5.45. The van der Waals surface area contributed by atoms with Crippen LogP contribution >= 0.6 is 0 Å². The molecule has 0 atom stereocenters. The van der Waals surface area contributed by atoms with Crippen molar-refractivity contribution in [2.75, 3.05) is 13.1 Å². The molecule has 12 heavy (non-hydrogen) atoms. The van der Waals surface area contributed by atoms with Crippen molar-refractivity contribution in [2.24, 2.45) is 0 Å². The van der Waals surface area contributed by atoms with E-state index in [1.54, 1.807) is 0 Å². The van der Waals surface area contributed by atoms with E-state index in [9.17, 15) is 4.79 Å². The van der Waals surface area contributed by atoms with Gasteiger partial charge in [0.15, 0.2) is 0 Å². The van der Waals surface area contributed by atoms with Gasteiger partial charge in [-0.3, -0.25) is 4.79 Å². The van der Waals surface area contributed by atoms with Gasteiger partial charge in [-0.25, -0.2) is 0 Å². The molecule has 1 N–H and O–H groups in total. The topological polar surface area (TPSA) is 49.8 Å². The van der Waals surface area contributed by atoms with Crippen LogP contribution in [-0.2, 0) is 9.53 Å². The highest BCUT2D eigenvalue weighted by Gasteiger charge is 2.07. The number of carbonyl (C=O) groups excluding carboxylic acids is 1. The predicted molar refractivity (Wildman–Crippen MR) is 44.9 cm³/mol. The molecular formula is C8H17NO3. The molecule has 1 rings (SSSR count). The van der Waals surface area contributed by atoms with Gasteiger partial charge in [0.1, 0.15) is 5.60 Å². The summed E-state index contributed by atoms with van der Waals surface area (Å²) >= 11 is 0. The van der Waals surface area contributed by atoms with Gasteiger partial charge in [0.05, 0.1) is 0 Å². The largest absolute Gasteiger partial charge is 0.462 e. The molecule has 0 aromatic rings. The highest BCUT2D eigenvalue weighted by molar-refractivity contribution is 5.37. The maximum atomic E-state index is 9.60.